The summed E-state index contributed by atoms with van der Waals surface area (Å²) in [5.74, 6) is 0. The minimum atomic E-state index is -1.94. The number of benzene rings is 1. The van der Waals surface area contributed by atoms with E-state index in [-0.39, 0.29) is 0 Å². The second-order valence-electron chi connectivity index (χ2n) is 3.47. The van der Waals surface area contributed by atoms with Crippen LogP contribution in [-0.2, 0) is 10.7 Å². The van der Waals surface area contributed by atoms with Crippen molar-refractivity contribution in [1.29, 1.82) is 0 Å². The SMILES string of the molecule is [B]c1ccc(CP(C)(C)=O)cc1. The van der Waals surface area contributed by atoms with Crippen molar-refractivity contribution in [3.8, 4) is 0 Å². The van der Waals surface area contributed by atoms with E-state index in [1.54, 1.807) is 13.3 Å². The Kier molecular flexibility index (Phi) is 2.79. The average Bonchev–Trinajstić information content (AvgIpc) is 1.91. The lowest BCUT2D eigenvalue weighted by Gasteiger charge is -2.06. The van der Waals surface area contributed by atoms with Crippen LogP contribution in [0.5, 0.6) is 0 Å². The van der Waals surface area contributed by atoms with Crippen LogP contribution < -0.4 is 5.46 Å². The monoisotopic (exact) mass is 178 g/mol. The van der Waals surface area contributed by atoms with Gasteiger partial charge >= 0.3 is 0 Å². The zero-order chi connectivity index (χ0) is 9.19. The number of hydrogen-bond donors (Lipinski definition) is 0. The molecule has 12 heavy (non-hydrogen) atoms. The molecule has 1 aromatic rings. The lowest BCUT2D eigenvalue weighted by atomic mass is 9.96. The first-order valence-electron chi connectivity index (χ1n) is 3.86. The van der Waals surface area contributed by atoms with Crippen molar-refractivity contribution in [2.24, 2.45) is 0 Å². The molecule has 1 rings (SSSR count). The Bertz CT molecular complexity index is 299. The minimum absolute atomic E-state index is 0.660. The van der Waals surface area contributed by atoms with Gasteiger partial charge < -0.3 is 4.57 Å². The molecule has 0 saturated heterocycles. The Labute approximate surface area is 75.0 Å². The molecule has 0 saturated carbocycles. The predicted octanol–water partition coefficient (Wildman–Crippen LogP) is 1.60. The molecule has 0 heterocycles. The fourth-order valence-electron chi connectivity index (χ4n) is 1.06. The molecule has 0 aliphatic heterocycles. The van der Waals surface area contributed by atoms with Crippen molar-refractivity contribution >= 4 is 20.5 Å². The molecule has 0 fully saturated rings. The maximum atomic E-state index is 11.4. The zero-order valence-corrected chi connectivity index (χ0v) is 8.34. The summed E-state index contributed by atoms with van der Waals surface area (Å²) < 4.78 is 11.4. The first-order valence-corrected chi connectivity index (χ1v) is 6.64. The van der Waals surface area contributed by atoms with Gasteiger partial charge in [0.15, 0.2) is 0 Å². The van der Waals surface area contributed by atoms with Gasteiger partial charge in [-0.2, -0.15) is 0 Å². The number of hydrogen-bond acceptors (Lipinski definition) is 1. The highest BCUT2D eigenvalue weighted by atomic mass is 31.2. The van der Waals surface area contributed by atoms with E-state index < -0.39 is 7.14 Å². The molecule has 0 N–H and O–H groups in total. The van der Waals surface area contributed by atoms with E-state index in [1.165, 1.54) is 0 Å². The normalized spacial score (nSPS) is 11.5. The summed E-state index contributed by atoms with van der Waals surface area (Å²) in [6, 6.07) is 7.53. The van der Waals surface area contributed by atoms with Gasteiger partial charge in [-0.3, -0.25) is 0 Å². The summed E-state index contributed by atoms with van der Waals surface area (Å²) >= 11 is 0. The van der Waals surface area contributed by atoms with Gasteiger partial charge in [-0.05, 0) is 18.9 Å². The summed E-state index contributed by atoms with van der Waals surface area (Å²) in [6.07, 6.45) is 0.660. The molecular formula is C9H12BOP. The Balaban J connectivity index is 2.78. The molecule has 3 heteroatoms. The van der Waals surface area contributed by atoms with Crippen LogP contribution in [0.15, 0.2) is 24.3 Å². The van der Waals surface area contributed by atoms with Crippen LogP contribution >= 0.6 is 7.14 Å². The smallest absolute Gasteiger partial charge is 0.113 e. The summed E-state index contributed by atoms with van der Waals surface area (Å²) in [4.78, 5) is 0. The predicted molar refractivity (Wildman–Crippen MR) is 55.0 cm³/mol. The average molecular weight is 178 g/mol. The van der Waals surface area contributed by atoms with Crippen molar-refractivity contribution in [2.45, 2.75) is 6.16 Å². The molecule has 0 aliphatic rings. The van der Waals surface area contributed by atoms with E-state index in [0.717, 1.165) is 11.0 Å². The van der Waals surface area contributed by atoms with E-state index in [9.17, 15) is 4.57 Å². The first-order chi connectivity index (χ1) is 5.47. The first kappa shape index (κ1) is 9.60. The van der Waals surface area contributed by atoms with Crippen LogP contribution in [0.3, 0.4) is 0 Å². The van der Waals surface area contributed by atoms with Crippen LogP contribution in [0.2, 0.25) is 0 Å². The van der Waals surface area contributed by atoms with Crippen molar-refractivity contribution in [3.63, 3.8) is 0 Å². The van der Waals surface area contributed by atoms with Crippen molar-refractivity contribution in [3.05, 3.63) is 29.8 Å². The fraction of sp³-hybridized carbons (Fsp3) is 0.333. The minimum Gasteiger partial charge on any atom is -0.324 e. The lowest BCUT2D eigenvalue weighted by Crippen LogP contribution is -2.00. The van der Waals surface area contributed by atoms with Gasteiger partial charge in [0.05, 0.1) is 7.14 Å². The van der Waals surface area contributed by atoms with Crippen molar-refractivity contribution < 1.29 is 4.57 Å². The fourth-order valence-corrected chi connectivity index (χ4v) is 2.15. The molecule has 62 valence electrons. The molecule has 2 radical (unpaired) electrons. The Morgan fingerprint density at radius 3 is 2.17 bits per heavy atom. The van der Waals surface area contributed by atoms with E-state index in [2.05, 4.69) is 0 Å². The molecule has 0 aliphatic carbocycles. The van der Waals surface area contributed by atoms with Gasteiger partial charge in [0, 0.05) is 6.16 Å². The van der Waals surface area contributed by atoms with E-state index in [0.29, 0.717) is 6.16 Å². The lowest BCUT2D eigenvalue weighted by molar-refractivity contribution is 0.582. The highest BCUT2D eigenvalue weighted by molar-refractivity contribution is 7.61. The molecule has 0 bridgehead atoms. The third kappa shape index (κ3) is 3.27. The topological polar surface area (TPSA) is 17.1 Å². The van der Waals surface area contributed by atoms with Gasteiger partial charge in [-0.25, -0.2) is 0 Å². The summed E-state index contributed by atoms with van der Waals surface area (Å²) in [5.41, 5.74) is 1.85. The Morgan fingerprint density at radius 2 is 1.75 bits per heavy atom. The van der Waals surface area contributed by atoms with Gasteiger partial charge in [0.2, 0.25) is 0 Å². The highest BCUT2D eigenvalue weighted by Crippen LogP contribution is 2.39. The van der Waals surface area contributed by atoms with Crippen LogP contribution in [0.1, 0.15) is 5.56 Å². The van der Waals surface area contributed by atoms with Crippen molar-refractivity contribution in [2.75, 3.05) is 13.3 Å². The third-order valence-electron chi connectivity index (χ3n) is 1.54. The maximum Gasteiger partial charge on any atom is 0.113 e. The molecule has 0 atom stereocenters. The Morgan fingerprint density at radius 1 is 1.25 bits per heavy atom. The quantitative estimate of drug-likeness (QED) is 0.496. The molecule has 1 aromatic carbocycles. The van der Waals surface area contributed by atoms with Crippen molar-refractivity contribution in [1.82, 2.24) is 0 Å². The van der Waals surface area contributed by atoms with Crippen LogP contribution in [0, 0.1) is 0 Å². The van der Waals surface area contributed by atoms with Crippen LogP contribution in [0.25, 0.3) is 0 Å². The standard InChI is InChI=1S/C9H12BOP/c1-12(2,11)7-8-3-5-9(10)6-4-8/h3-6H,7H2,1-2H3. The van der Waals surface area contributed by atoms with Gasteiger partial charge in [0.25, 0.3) is 0 Å². The van der Waals surface area contributed by atoms with E-state index in [1.807, 2.05) is 24.3 Å². The highest BCUT2D eigenvalue weighted by Gasteiger charge is 2.07. The largest absolute Gasteiger partial charge is 0.324 e. The number of rotatable bonds is 2. The third-order valence-corrected chi connectivity index (χ3v) is 2.67. The summed E-state index contributed by atoms with van der Waals surface area (Å²) in [7, 11) is 3.58. The van der Waals surface area contributed by atoms with Gasteiger partial charge in [0.1, 0.15) is 7.85 Å². The van der Waals surface area contributed by atoms with Crippen LogP contribution in [-0.4, -0.2) is 21.2 Å². The molecule has 0 unspecified atom stereocenters. The van der Waals surface area contributed by atoms with E-state index in [4.69, 9.17) is 7.85 Å². The van der Waals surface area contributed by atoms with Gasteiger partial charge in [-0.15, -0.1) is 0 Å². The molecule has 0 aromatic heterocycles. The Hall–Kier alpha value is -0.485. The second kappa shape index (κ2) is 3.49. The summed E-state index contributed by atoms with van der Waals surface area (Å²) in [5, 5.41) is 0. The van der Waals surface area contributed by atoms with E-state index >= 15 is 0 Å². The molecule has 0 spiro atoms. The molecular weight excluding hydrogens is 166 g/mol. The zero-order valence-electron chi connectivity index (χ0n) is 7.45. The molecule has 1 nitrogen and oxygen atoms in total. The van der Waals surface area contributed by atoms with Gasteiger partial charge in [-0.1, -0.05) is 29.7 Å². The summed E-state index contributed by atoms with van der Waals surface area (Å²) in [6.45, 7) is 3.59. The second-order valence-corrected chi connectivity index (χ2v) is 6.94. The van der Waals surface area contributed by atoms with Crippen LogP contribution in [0.4, 0.5) is 0 Å². The maximum absolute atomic E-state index is 11.4. The molecule has 0 amide bonds.